The molecular formula is C21H26FN3O. The summed E-state index contributed by atoms with van der Waals surface area (Å²) in [6.45, 7) is 5.98. The Morgan fingerprint density at radius 1 is 1.23 bits per heavy atom. The lowest BCUT2D eigenvalue weighted by Crippen LogP contribution is -2.50. The minimum atomic E-state index is -0.237. The topological polar surface area (TPSA) is 35.6 Å². The normalized spacial score (nSPS) is 17.8. The number of piperazine rings is 1. The zero-order valence-electron chi connectivity index (χ0n) is 15.2. The van der Waals surface area contributed by atoms with Crippen LogP contribution in [-0.2, 0) is 11.3 Å². The molecule has 2 aromatic carbocycles. The summed E-state index contributed by atoms with van der Waals surface area (Å²) in [5.41, 5.74) is 2.04. The van der Waals surface area contributed by atoms with E-state index in [1.807, 2.05) is 48.2 Å². The van der Waals surface area contributed by atoms with E-state index >= 15 is 0 Å². The Bertz CT molecular complexity index is 722. The SMILES string of the molecule is CCN(Cc1ccccc1)C(=O)CN1CCNCC1c1cccc(F)c1. The summed E-state index contributed by atoms with van der Waals surface area (Å²) >= 11 is 0. The molecule has 1 atom stereocenters. The molecule has 5 heteroatoms. The fourth-order valence-corrected chi connectivity index (χ4v) is 3.43. The molecule has 2 aromatic rings. The second kappa shape index (κ2) is 8.92. The Hall–Kier alpha value is -2.24. The summed E-state index contributed by atoms with van der Waals surface area (Å²) in [5, 5.41) is 3.35. The Morgan fingerprint density at radius 2 is 2.04 bits per heavy atom. The number of hydrogen-bond acceptors (Lipinski definition) is 3. The van der Waals surface area contributed by atoms with Crippen LogP contribution in [0.3, 0.4) is 0 Å². The predicted molar refractivity (Wildman–Crippen MR) is 101 cm³/mol. The van der Waals surface area contributed by atoms with Gasteiger partial charge in [0.05, 0.1) is 6.54 Å². The molecule has 1 saturated heterocycles. The number of nitrogens with zero attached hydrogens (tertiary/aromatic N) is 2. The number of carbonyl (C=O) groups is 1. The molecule has 4 nitrogen and oxygen atoms in total. The van der Waals surface area contributed by atoms with Gasteiger partial charge in [-0.3, -0.25) is 9.69 Å². The van der Waals surface area contributed by atoms with E-state index in [0.717, 1.165) is 30.8 Å². The quantitative estimate of drug-likeness (QED) is 0.866. The fourth-order valence-electron chi connectivity index (χ4n) is 3.43. The van der Waals surface area contributed by atoms with E-state index in [1.165, 1.54) is 6.07 Å². The Balaban J connectivity index is 1.69. The van der Waals surface area contributed by atoms with Gasteiger partial charge in [0.25, 0.3) is 0 Å². The highest BCUT2D eigenvalue weighted by atomic mass is 19.1. The largest absolute Gasteiger partial charge is 0.338 e. The van der Waals surface area contributed by atoms with Crippen molar-refractivity contribution in [2.45, 2.75) is 19.5 Å². The van der Waals surface area contributed by atoms with Crippen molar-refractivity contribution in [3.05, 3.63) is 71.5 Å². The lowest BCUT2D eigenvalue weighted by Gasteiger charge is -2.37. The highest BCUT2D eigenvalue weighted by Crippen LogP contribution is 2.23. The van der Waals surface area contributed by atoms with Crippen molar-refractivity contribution in [1.82, 2.24) is 15.1 Å². The standard InChI is InChI=1S/C21H26FN3O/c1-2-24(15-17-7-4-3-5-8-17)21(26)16-25-12-11-23-14-20(25)18-9-6-10-19(22)13-18/h3-10,13,20,23H,2,11-12,14-16H2,1H3. The van der Waals surface area contributed by atoms with Gasteiger partial charge in [0, 0.05) is 38.8 Å². The number of carbonyl (C=O) groups excluding carboxylic acids is 1. The van der Waals surface area contributed by atoms with Crippen molar-refractivity contribution < 1.29 is 9.18 Å². The van der Waals surface area contributed by atoms with Gasteiger partial charge in [0.15, 0.2) is 0 Å². The first-order valence-corrected chi connectivity index (χ1v) is 9.19. The molecule has 1 heterocycles. The van der Waals surface area contributed by atoms with Crippen molar-refractivity contribution in [3.8, 4) is 0 Å². The third kappa shape index (κ3) is 4.68. The highest BCUT2D eigenvalue weighted by Gasteiger charge is 2.27. The summed E-state index contributed by atoms with van der Waals surface area (Å²) in [4.78, 5) is 16.9. The Labute approximate surface area is 154 Å². The average molecular weight is 355 g/mol. The summed E-state index contributed by atoms with van der Waals surface area (Å²) in [6.07, 6.45) is 0. The van der Waals surface area contributed by atoms with Crippen molar-refractivity contribution in [1.29, 1.82) is 0 Å². The molecule has 0 radical (unpaired) electrons. The summed E-state index contributed by atoms with van der Waals surface area (Å²) in [5.74, 6) is -0.127. The lowest BCUT2D eigenvalue weighted by atomic mass is 10.0. The van der Waals surface area contributed by atoms with Crippen LogP contribution in [-0.4, -0.2) is 48.4 Å². The van der Waals surface area contributed by atoms with Crippen LogP contribution in [0.2, 0.25) is 0 Å². The van der Waals surface area contributed by atoms with Gasteiger partial charge in [-0.25, -0.2) is 4.39 Å². The van der Waals surface area contributed by atoms with Gasteiger partial charge in [-0.05, 0) is 30.2 Å². The number of likely N-dealkylation sites (N-methyl/N-ethyl adjacent to an activating group) is 1. The molecule has 3 rings (SSSR count). The summed E-state index contributed by atoms with van der Waals surface area (Å²) in [7, 11) is 0. The monoisotopic (exact) mass is 355 g/mol. The third-order valence-corrected chi connectivity index (χ3v) is 4.88. The molecule has 1 aliphatic heterocycles. The molecule has 0 bridgehead atoms. The maximum absolute atomic E-state index is 13.6. The van der Waals surface area contributed by atoms with E-state index in [0.29, 0.717) is 19.6 Å². The van der Waals surface area contributed by atoms with Crippen LogP contribution < -0.4 is 5.32 Å². The highest BCUT2D eigenvalue weighted by molar-refractivity contribution is 5.78. The predicted octanol–water partition coefficient (Wildman–Crippen LogP) is 2.82. The zero-order chi connectivity index (χ0) is 18.4. The maximum atomic E-state index is 13.6. The van der Waals surface area contributed by atoms with E-state index in [9.17, 15) is 9.18 Å². The first-order valence-electron chi connectivity index (χ1n) is 9.19. The minimum absolute atomic E-state index is 0.0128. The second-order valence-electron chi connectivity index (χ2n) is 6.64. The van der Waals surface area contributed by atoms with Gasteiger partial charge in [-0.2, -0.15) is 0 Å². The van der Waals surface area contributed by atoms with Gasteiger partial charge >= 0.3 is 0 Å². The molecule has 0 spiro atoms. The third-order valence-electron chi connectivity index (χ3n) is 4.88. The Kier molecular flexibility index (Phi) is 6.36. The fraction of sp³-hybridized carbons (Fsp3) is 0.381. The zero-order valence-corrected chi connectivity index (χ0v) is 15.2. The number of nitrogens with one attached hydrogen (secondary N) is 1. The first-order chi connectivity index (χ1) is 12.7. The summed E-state index contributed by atoms with van der Waals surface area (Å²) < 4.78 is 13.6. The number of rotatable bonds is 6. The van der Waals surface area contributed by atoms with E-state index < -0.39 is 0 Å². The molecule has 26 heavy (non-hydrogen) atoms. The maximum Gasteiger partial charge on any atom is 0.237 e. The van der Waals surface area contributed by atoms with Crippen LogP contribution in [0.5, 0.6) is 0 Å². The van der Waals surface area contributed by atoms with Gasteiger partial charge in [0.2, 0.25) is 5.91 Å². The molecule has 1 fully saturated rings. The second-order valence-corrected chi connectivity index (χ2v) is 6.64. The van der Waals surface area contributed by atoms with Gasteiger partial charge in [-0.1, -0.05) is 42.5 Å². The van der Waals surface area contributed by atoms with Gasteiger partial charge in [0.1, 0.15) is 5.82 Å². The number of amides is 1. The Morgan fingerprint density at radius 3 is 2.77 bits per heavy atom. The lowest BCUT2D eigenvalue weighted by molar-refractivity contribution is -0.133. The summed E-state index contributed by atoms with van der Waals surface area (Å²) in [6, 6.07) is 16.7. The van der Waals surface area contributed by atoms with Crippen molar-refractivity contribution in [3.63, 3.8) is 0 Å². The molecule has 1 unspecified atom stereocenters. The number of hydrogen-bond donors (Lipinski definition) is 1. The van der Waals surface area contributed by atoms with Crippen LogP contribution >= 0.6 is 0 Å². The van der Waals surface area contributed by atoms with Crippen molar-refractivity contribution >= 4 is 5.91 Å². The molecule has 0 aromatic heterocycles. The first kappa shape index (κ1) is 18.5. The van der Waals surface area contributed by atoms with Crippen molar-refractivity contribution in [2.24, 2.45) is 0 Å². The van der Waals surface area contributed by atoms with E-state index in [-0.39, 0.29) is 17.8 Å². The molecule has 138 valence electrons. The molecule has 0 aliphatic carbocycles. The van der Waals surface area contributed by atoms with Crippen molar-refractivity contribution in [2.75, 3.05) is 32.7 Å². The van der Waals surface area contributed by atoms with Gasteiger partial charge < -0.3 is 10.2 Å². The van der Waals surface area contributed by atoms with Gasteiger partial charge in [-0.15, -0.1) is 0 Å². The van der Waals surface area contributed by atoms with Crippen LogP contribution in [0.25, 0.3) is 0 Å². The minimum Gasteiger partial charge on any atom is -0.338 e. The average Bonchev–Trinajstić information content (AvgIpc) is 2.67. The van der Waals surface area contributed by atoms with E-state index in [2.05, 4.69) is 10.2 Å². The van der Waals surface area contributed by atoms with Crippen LogP contribution in [0.4, 0.5) is 4.39 Å². The van der Waals surface area contributed by atoms with Crippen LogP contribution in [0, 0.1) is 5.82 Å². The molecule has 1 amide bonds. The van der Waals surface area contributed by atoms with Crippen LogP contribution in [0.15, 0.2) is 54.6 Å². The number of benzene rings is 2. The van der Waals surface area contributed by atoms with Crippen LogP contribution in [0.1, 0.15) is 24.1 Å². The van der Waals surface area contributed by atoms with E-state index in [1.54, 1.807) is 12.1 Å². The molecular weight excluding hydrogens is 329 g/mol. The smallest absolute Gasteiger partial charge is 0.237 e. The van der Waals surface area contributed by atoms with E-state index in [4.69, 9.17) is 0 Å². The number of halogens is 1. The molecule has 0 saturated carbocycles. The molecule has 1 N–H and O–H groups in total. The molecule has 1 aliphatic rings.